The highest BCUT2D eigenvalue weighted by molar-refractivity contribution is 5.42. The van der Waals surface area contributed by atoms with Crippen molar-refractivity contribution in [3.63, 3.8) is 0 Å². The summed E-state index contributed by atoms with van der Waals surface area (Å²) in [6.45, 7) is -2.88. The molecule has 0 aromatic heterocycles. The van der Waals surface area contributed by atoms with Gasteiger partial charge in [0, 0.05) is 11.1 Å². The van der Waals surface area contributed by atoms with Crippen molar-refractivity contribution in [2.24, 2.45) is 10.8 Å². The minimum absolute atomic E-state index is 0.191. The van der Waals surface area contributed by atoms with E-state index in [4.69, 9.17) is 9.47 Å². The summed E-state index contributed by atoms with van der Waals surface area (Å²) in [5, 5.41) is 50.8. The summed E-state index contributed by atoms with van der Waals surface area (Å²) in [6, 6.07) is 27.8. The van der Waals surface area contributed by atoms with E-state index in [0.29, 0.717) is 16.9 Å². The second-order valence-electron chi connectivity index (χ2n) is 8.89. The lowest BCUT2D eigenvalue weighted by molar-refractivity contribution is -0.151. The van der Waals surface area contributed by atoms with E-state index in [1.807, 2.05) is 78.9 Å². The fraction of sp³-hybridized carbons (Fsp3) is 0.357. The summed E-state index contributed by atoms with van der Waals surface area (Å²) < 4.78 is 12.7. The lowest BCUT2D eigenvalue weighted by atomic mass is 9.65. The first-order valence-electron chi connectivity index (χ1n) is 11.5. The molecule has 3 aromatic carbocycles. The second kappa shape index (κ2) is 12.3. The lowest BCUT2D eigenvalue weighted by Gasteiger charge is -2.49. The van der Waals surface area contributed by atoms with E-state index in [1.54, 1.807) is 12.1 Å². The van der Waals surface area contributed by atoms with Gasteiger partial charge in [0.25, 0.3) is 0 Å². The van der Waals surface area contributed by atoms with Gasteiger partial charge in [-0.1, -0.05) is 78.9 Å². The Bertz CT molecular complexity index is 940. The van der Waals surface area contributed by atoms with Crippen molar-refractivity contribution in [2.75, 3.05) is 46.2 Å². The Morgan fingerprint density at radius 2 is 0.943 bits per heavy atom. The van der Waals surface area contributed by atoms with E-state index in [9.17, 15) is 25.5 Å². The SMILES string of the molecule is OCC(CO)(CO)COCC(CO)(CO)C(Oc1ccccc1)(c1ccccc1)c1ccccc1. The third-order valence-electron chi connectivity index (χ3n) is 6.52. The van der Waals surface area contributed by atoms with Crippen LogP contribution in [0.15, 0.2) is 91.0 Å². The predicted octanol–water partition coefficient (Wildman–Crippen LogP) is 1.96. The third-order valence-corrected chi connectivity index (χ3v) is 6.52. The highest BCUT2D eigenvalue weighted by atomic mass is 16.5. The fourth-order valence-corrected chi connectivity index (χ4v) is 4.23. The Morgan fingerprint density at radius 1 is 0.514 bits per heavy atom. The molecule has 7 heteroatoms. The Kier molecular flexibility index (Phi) is 9.40. The minimum atomic E-state index is -1.41. The maximum absolute atomic E-state index is 10.8. The van der Waals surface area contributed by atoms with Crippen LogP contribution in [-0.2, 0) is 10.3 Å². The normalized spacial score (nSPS) is 12.5. The van der Waals surface area contributed by atoms with Crippen molar-refractivity contribution >= 4 is 0 Å². The number of hydrogen-bond donors (Lipinski definition) is 5. The molecule has 0 aliphatic rings. The van der Waals surface area contributed by atoms with Crippen LogP contribution in [0, 0.1) is 10.8 Å². The highest BCUT2D eigenvalue weighted by Crippen LogP contribution is 2.49. The molecule has 0 bridgehead atoms. The lowest BCUT2D eigenvalue weighted by Crippen LogP contribution is -2.58. The molecular weight excluding hydrogens is 448 g/mol. The van der Waals surface area contributed by atoms with Crippen molar-refractivity contribution in [3.05, 3.63) is 102 Å². The molecule has 5 N–H and O–H groups in total. The third kappa shape index (κ3) is 5.41. The van der Waals surface area contributed by atoms with Crippen LogP contribution in [0.1, 0.15) is 11.1 Å². The maximum atomic E-state index is 10.8. The molecule has 0 amide bonds. The van der Waals surface area contributed by atoms with Crippen LogP contribution in [0.5, 0.6) is 5.75 Å². The van der Waals surface area contributed by atoms with Crippen LogP contribution < -0.4 is 4.74 Å². The summed E-state index contributed by atoms with van der Waals surface area (Å²) in [4.78, 5) is 0. The van der Waals surface area contributed by atoms with E-state index in [0.717, 1.165) is 0 Å². The predicted molar refractivity (Wildman–Crippen MR) is 132 cm³/mol. The minimum Gasteiger partial charge on any atom is -0.477 e. The molecule has 0 spiro atoms. The van der Waals surface area contributed by atoms with Crippen LogP contribution in [0.4, 0.5) is 0 Å². The topological polar surface area (TPSA) is 120 Å². The van der Waals surface area contributed by atoms with Crippen LogP contribution in [0.25, 0.3) is 0 Å². The molecule has 0 radical (unpaired) electrons. The van der Waals surface area contributed by atoms with Gasteiger partial charge in [-0.15, -0.1) is 0 Å². The van der Waals surface area contributed by atoms with Gasteiger partial charge in [0.05, 0.1) is 57.1 Å². The molecule has 0 atom stereocenters. The van der Waals surface area contributed by atoms with Gasteiger partial charge in [-0.05, 0) is 12.1 Å². The van der Waals surface area contributed by atoms with Gasteiger partial charge in [-0.3, -0.25) is 0 Å². The fourth-order valence-electron chi connectivity index (χ4n) is 4.23. The van der Waals surface area contributed by atoms with Gasteiger partial charge in [0.15, 0.2) is 5.60 Å². The summed E-state index contributed by atoms with van der Waals surface area (Å²) in [6.07, 6.45) is 0. The first kappa shape index (κ1) is 26.8. The zero-order chi connectivity index (χ0) is 25.2. The van der Waals surface area contributed by atoms with Crippen molar-refractivity contribution in [2.45, 2.75) is 5.60 Å². The van der Waals surface area contributed by atoms with E-state index < -0.39 is 49.5 Å². The average molecular weight is 483 g/mol. The highest BCUT2D eigenvalue weighted by Gasteiger charge is 2.56. The van der Waals surface area contributed by atoms with Crippen LogP contribution in [-0.4, -0.2) is 71.8 Å². The molecule has 0 saturated carbocycles. The second-order valence-corrected chi connectivity index (χ2v) is 8.89. The molecule has 0 aliphatic carbocycles. The number of benzene rings is 3. The zero-order valence-corrected chi connectivity index (χ0v) is 19.7. The Balaban J connectivity index is 2.19. The van der Waals surface area contributed by atoms with Gasteiger partial charge in [0.1, 0.15) is 5.75 Å². The molecule has 3 aromatic rings. The summed E-state index contributed by atoms with van der Waals surface area (Å²) in [5.74, 6) is 0.530. The number of ether oxygens (including phenoxy) is 2. The van der Waals surface area contributed by atoms with Crippen LogP contribution in [0.2, 0.25) is 0 Å². The Morgan fingerprint density at radius 3 is 1.34 bits per heavy atom. The molecule has 188 valence electrons. The van der Waals surface area contributed by atoms with E-state index in [-0.39, 0.29) is 13.2 Å². The monoisotopic (exact) mass is 482 g/mol. The first-order valence-corrected chi connectivity index (χ1v) is 11.5. The molecule has 35 heavy (non-hydrogen) atoms. The van der Waals surface area contributed by atoms with Gasteiger partial charge in [-0.25, -0.2) is 0 Å². The van der Waals surface area contributed by atoms with Crippen molar-refractivity contribution in [1.29, 1.82) is 0 Å². The molecule has 0 unspecified atom stereocenters. The number of para-hydroxylation sites is 1. The summed E-state index contributed by atoms with van der Waals surface area (Å²) >= 11 is 0. The standard InChI is InChI=1S/C28H34O7/c29-16-26(17-30,18-31)21-34-22-27(19-32,20-33)28(23-10-4-1-5-11-23,24-12-6-2-7-13-24)35-25-14-8-3-9-15-25/h1-15,29-33H,16-22H2. The van der Waals surface area contributed by atoms with E-state index in [1.165, 1.54) is 0 Å². The van der Waals surface area contributed by atoms with Crippen molar-refractivity contribution < 1.29 is 35.0 Å². The molecular formula is C28H34O7. The molecule has 0 fully saturated rings. The van der Waals surface area contributed by atoms with Gasteiger partial charge < -0.3 is 35.0 Å². The number of hydrogen-bond acceptors (Lipinski definition) is 7. The Labute approximate surface area is 205 Å². The molecule has 0 saturated heterocycles. The number of aliphatic hydroxyl groups excluding tert-OH is 5. The summed E-state index contributed by atoms with van der Waals surface area (Å²) in [7, 11) is 0. The van der Waals surface area contributed by atoms with Crippen molar-refractivity contribution in [3.8, 4) is 5.75 Å². The van der Waals surface area contributed by atoms with E-state index in [2.05, 4.69) is 0 Å². The molecule has 7 nitrogen and oxygen atoms in total. The molecule has 0 aliphatic heterocycles. The van der Waals surface area contributed by atoms with Gasteiger partial charge >= 0.3 is 0 Å². The Hall–Kier alpha value is -2.78. The van der Waals surface area contributed by atoms with Gasteiger partial charge in [0.2, 0.25) is 0 Å². The molecule has 3 rings (SSSR count). The summed E-state index contributed by atoms with van der Waals surface area (Å²) in [5.41, 5.74) is -2.67. The van der Waals surface area contributed by atoms with Crippen LogP contribution >= 0.6 is 0 Å². The van der Waals surface area contributed by atoms with Crippen LogP contribution in [0.3, 0.4) is 0 Å². The average Bonchev–Trinajstić information content (AvgIpc) is 2.94. The molecule has 0 heterocycles. The zero-order valence-electron chi connectivity index (χ0n) is 19.7. The quantitative estimate of drug-likeness (QED) is 0.238. The van der Waals surface area contributed by atoms with E-state index >= 15 is 0 Å². The largest absolute Gasteiger partial charge is 0.477 e. The number of rotatable bonds is 14. The van der Waals surface area contributed by atoms with Crippen molar-refractivity contribution in [1.82, 2.24) is 0 Å². The maximum Gasteiger partial charge on any atom is 0.171 e. The smallest absolute Gasteiger partial charge is 0.171 e. The van der Waals surface area contributed by atoms with Gasteiger partial charge in [-0.2, -0.15) is 0 Å². The number of aliphatic hydroxyl groups is 5. The first-order chi connectivity index (χ1) is 17.0.